The fourth-order valence-corrected chi connectivity index (χ4v) is 3.76. The predicted molar refractivity (Wildman–Crippen MR) is 68.2 cm³/mol. The Balaban J connectivity index is 2.23. The van der Waals surface area contributed by atoms with E-state index in [-0.39, 0.29) is 0 Å². The minimum Gasteiger partial charge on any atom is -0.390 e. The van der Waals surface area contributed by atoms with Gasteiger partial charge in [0, 0.05) is 5.92 Å². The zero-order chi connectivity index (χ0) is 12.0. The van der Waals surface area contributed by atoms with E-state index in [1.54, 1.807) is 0 Å². The summed E-state index contributed by atoms with van der Waals surface area (Å²) in [6, 6.07) is 0. The summed E-state index contributed by atoms with van der Waals surface area (Å²) in [6.45, 7) is 8.68. The molecule has 0 spiro atoms. The van der Waals surface area contributed by atoms with E-state index in [1.807, 2.05) is 13.8 Å². The molecule has 0 heterocycles. The lowest BCUT2D eigenvalue weighted by molar-refractivity contribution is -0.00740. The monoisotopic (exact) mass is 222 g/mol. The van der Waals surface area contributed by atoms with Gasteiger partial charge in [-0.2, -0.15) is 0 Å². The number of allylic oxidation sites excluding steroid dienone is 1. The Bertz CT molecular complexity index is 286. The van der Waals surface area contributed by atoms with Crippen LogP contribution in [-0.2, 0) is 0 Å². The maximum Gasteiger partial charge on any atom is 0.0654 e. The quantitative estimate of drug-likeness (QED) is 0.669. The van der Waals surface area contributed by atoms with Crippen LogP contribution in [0.2, 0.25) is 0 Å². The summed E-state index contributed by atoms with van der Waals surface area (Å²) >= 11 is 0. The fraction of sp³-hybridized carbons (Fsp3) is 0.867. The van der Waals surface area contributed by atoms with Crippen molar-refractivity contribution in [3.63, 3.8) is 0 Å². The first-order chi connectivity index (χ1) is 7.33. The molecule has 2 aliphatic carbocycles. The van der Waals surface area contributed by atoms with Gasteiger partial charge in [-0.05, 0) is 43.9 Å². The highest BCUT2D eigenvalue weighted by molar-refractivity contribution is 5.13. The van der Waals surface area contributed by atoms with Gasteiger partial charge < -0.3 is 5.11 Å². The number of rotatable bonds is 1. The van der Waals surface area contributed by atoms with Crippen LogP contribution in [0.4, 0.5) is 0 Å². The molecule has 1 heteroatoms. The summed E-state index contributed by atoms with van der Waals surface area (Å²) in [5.41, 5.74) is -0.158. The first-order valence-corrected chi connectivity index (χ1v) is 6.75. The first-order valence-electron chi connectivity index (χ1n) is 6.75. The van der Waals surface area contributed by atoms with Crippen molar-refractivity contribution in [1.82, 2.24) is 0 Å². The van der Waals surface area contributed by atoms with E-state index in [0.717, 1.165) is 18.3 Å². The van der Waals surface area contributed by atoms with Crippen LogP contribution in [0.1, 0.15) is 53.4 Å². The molecule has 2 rings (SSSR count). The Labute approximate surface area is 99.9 Å². The molecule has 0 aliphatic heterocycles. The second kappa shape index (κ2) is 3.87. The molecule has 1 fully saturated rings. The summed E-state index contributed by atoms with van der Waals surface area (Å²) < 4.78 is 0. The second-order valence-electron chi connectivity index (χ2n) is 6.84. The molecule has 1 N–H and O–H groups in total. The van der Waals surface area contributed by atoms with E-state index in [4.69, 9.17) is 0 Å². The molecule has 0 aromatic rings. The van der Waals surface area contributed by atoms with E-state index < -0.39 is 5.60 Å². The summed E-state index contributed by atoms with van der Waals surface area (Å²) in [5, 5.41) is 10.2. The predicted octanol–water partition coefficient (Wildman–Crippen LogP) is 3.78. The van der Waals surface area contributed by atoms with E-state index in [9.17, 15) is 5.11 Å². The standard InChI is InChI=1S/C15H26O/c1-11-6-5-8-15(4)9-7-12(10-13(11)15)14(2,3)16/h7,9,11-13,16H,5-6,8,10H2,1-4H3/t11-,12+,13-,15+/m0/s1. The molecule has 0 aromatic heterocycles. The Hall–Kier alpha value is -0.300. The van der Waals surface area contributed by atoms with Gasteiger partial charge in [0.25, 0.3) is 0 Å². The third kappa shape index (κ3) is 2.07. The normalized spacial score (nSPS) is 44.2. The van der Waals surface area contributed by atoms with Crippen LogP contribution in [0.15, 0.2) is 12.2 Å². The second-order valence-corrected chi connectivity index (χ2v) is 6.84. The molecule has 1 saturated carbocycles. The van der Waals surface area contributed by atoms with E-state index in [0.29, 0.717) is 11.3 Å². The molecule has 0 unspecified atom stereocenters. The zero-order valence-electron chi connectivity index (χ0n) is 11.2. The molecule has 0 aromatic carbocycles. The zero-order valence-corrected chi connectivity index (χ0v) is 11.2. The van der Waals surface area contributed by atoms with Gasteiger partial charge in [-0.1, -0.05) is 38.8 Å². The number of aliphatic hydroxyl groups is 1. The van der Waals surface area contributed by atoms with Crippen molar-refractivity contribution >= 4 is 0 Å². The van der Waals surface area contributed by atoms with Crippen molar-refractivity contribution in [2.45, 2.75) is 59.0 Å². The molecule has 16 heavy (non-hydrogen) atoms. The highest BCUT2D eigenvalue weighted by Gasteiger charge is 2.44. The number of hydrogen-bond acceptors (Lipinski definition) is 1. The van der Waals surface area contributed by atoms with Crippen LogP contribution in [0.25, 0.3) is 0 Å². The number of fused-ring (bicyclic) bond motifs is 1. The largest absolute Gasteiger partial charge is 0.390 e. The summed E-state index contributed by atoms with van der Waals surface area (Å²) in [7, 11) is 0. The van der Waals surface area contributed by atoms with Crippen LogP contribution in [0.5, 0.6) is 0 Å². The summed E-state index contributed by atoms with van der Waals surface area (Å²) in [6.07, 6.45) is 9.90. The summed E-state index contributed by atoms with van der Waals surface area (Å²) in [5.74, 6) is 1.92. The molecule has 4 atom stereocenters. The Morgan fingerprint density at radius 3 is 2.69 bits per heavy atom. The fourth-order valence-electron chi connectivity index (χ4n) is 3.76. The van der Waals surface area contributed by atoms with Crippen molar-refractivity contribution in [3.05, 3.63) is 12.2 Å². The van der Waals surface area contributed by atoms with Gasteiger partial charge in [0.1, 0.15) is 0 Å². The topological polar surface area (TPSA) is 20.2 Å². The lowest BCUT2D eigenvalue weighted by Crippen LogP contribution is -2.42. The molecule has 0 saturated heterocycles. The van der Waals surface area contributed by atoms with Crippen molar-refractivity contribution in [1.29, 1.82) is 0 Å². The maximum atomic E-state index is 10.2. The molecule has 1 nitrogen and oxygen atoms in total. The third-order valence-electron chi connectivity index (χ3n) is 5.03. The van der Waals surface area contributed by atoms with Gasteiger partial charge in [-0.15, -0.1) is 0 Å². The summed E-state index contributed by atoms with van der Waals surface area (Å²) in [4.78, 5) is 0. The van der Waals surface area contributed by atoms with E-state index in [2.05, 4.69) is 26.0 Å². The molecule has 0 bridgehead atoms. The lowest BCUT2D eigenvalue weighted by Gasteiger charge is -2.49. The average Bonchev–Trinajstić information content (AvgIpc) is 2.15. The molecule has 0 radical (unpaired) electrons. The van der Waals surface area contributed by atoms with Crippen molar-refractivity contribution in [2.24, 2.45) is 23.2 Å². The minimum atomic E-state index is -0.561. The van der Waals surface area contributed by atoms with Gasteiger partial charge in [0.2, 0.25) is 0 Å². The number of hydrogen-bond donors (Lipinski definition) is 1. The maximum absolute atomic E-state index is 10.2. The van der Waals surface area contributed by atoms with Crippen LogP contribution < -0.4 is 0 Å². The SMILES string of the molecule is C[C@H]1CCC[C@]2(C)C=C[C@@H](C(C)(C)O)C[C@@H]12. The molecular formula is C15H26O. The Morgan fingerprint density at radius 1 is 1.38 bits per heavy atom. The van der Waals surface area contributed by atoms with Crippen LogP contribution >= 0.6 is 0 Å². The van der Waals surface area contributed by atoms with E-state index >= 15 is 0 Å². The average molecular weight is 222 g/mol. The van der Waals surface area contributed by atoms with Gasteiger partial charge >= 0.3 is 0 Å². The van der Waals surface area contributed by atoms with Gasteiger partial charge in [-0.25, -0.2) is 0 Å². The van der Waals surface area contributed by atoms with Gasteiger partial charge in [0.15, 0.2) is 0 Å². The highest BCUT2D eigenvalue weighted by atomic mass is 16.3. The molecule has 0 amide bonds. The molecule has 92 valence electrons. The minimum absolute atomic E-state index is 0.339. The Kier molecular flexibility index (Phi) is 2.94. The van der Waals surface area contributed by atoms with Crippen LogP contribution in [0.3, 0.4) is 0 Å². The van der Waals surface area contributed by atoms with Crippen molar-refractivity contribution in [3.8, 4) is 0 Å². The third-order valence-corrected chi connectivity index (χ3v) is 5.03. The lowest BCUT2D eigenvalue weighted by atomic mass is 9.57. The van der Waals surface area contributed by atoms with Crippen molar-refractivity contribution < 1.29 is 5.11 Å². The molecular weight excluding hydrogens is 196 g/mol. The molecule has 2 aliphatic rings. The smallest absolute Gasteiger partial charge is 0.0654 e. The highest BCUT2D eigenvalue weighted by Crippen LogP contribution is 2.52. The van der Waals surface area contributed by atoms with E-state index in [1.165, 1.54) is 19.3 Å². The van der Waals surface area contributed by atoms with Gasteiger partial charge in [-0.3, -0.25) is 0 Å². The van der Waals surface area contributed by atoms with Crippen molar-refractivity contribution in [2.75, 3.05) is 0 Å². The Morgan fingerprint density at radius 2 is 2.06 bits per heavy atom. The van der Waals surface area contributed by atoms with Crippen LogP contribution in [-0.4, -0.2) is 10.7 Å². The van der Waals surface area contributed by atoms with Crippen LogP contribution in [0, 0.1) is 23.2 Å². The van der Waals surface area contributed by atoms with Gasteiger partial charge in [0.05, 0.1) is 5.60 Å². The first kappa shape index (κ1) is 12.2.